The first kappa shape index (κ1) is 14.0. The zero-order valence-corrected chi connectivity index (χ0v) is 12.9. The van der Waals surface area contributed by atoms with Crippen molar-refractivity contribution in [1.82, 2.24) is 0 Å². The molecule has 0 aliphatic heterocycles. The van der Waals surface area contributed by atoms with Gasteiger partial charge in [-0.05, 0) is 34.4 Å². The predicted octanol–water partition coefficient (Wildman–Crippen LogP) is 4.17. The molecule has 1 aromatic rings. The lowest BCUT2D eigenvalue weighted by molar-refractivity contribution is 0.128. The van der Waals surface area contributed by atoms with Crippen LogP contribution in [-0.4, -0.2) is 11.2 Å². The van der Waals surface area contributed by atoms with Gasteiger partial charge in [-0.25, -0.2) is 4.39 Å². The molecule has 0 amide bonds. The molecule has 18 heavy (non-hydrogen) atoms. The van der Waals surface area contributed by atoms with Gasteiger partial charge >= 0.3 is 0 Å². The Kier molecular flexibility index (Phi) is 3.35. The quantitative estimate of drug-likeness (QED) is 0.887. The zero-order valence-electron chi connectivity index (χ0n) is 11.3. The van der Waals surface area contributed by atoms with E-state index in [-0.39, 0.29) is 22.6 Å². The Balaban J connectivity index is 2.12. The van der Waals surface area contributed by atoms with E-state index in [0.717, 1.165) is 4.47 Å². The molecule has 0 heterocycles. The molecule has 1 nitrogen and oxygen atoms in total. The smallest absolute Gasteiger partial charge is 0.127 e. The van der Waals surface area contributed by atoms with Gasteiger partial charge in [0.15, 0.2) is 0 Å². The Morgan fingerprint density at radius 3 is 2.28 bits per heavy atom. The van der Waals surface area contributed by atoms with Crippen LogP contribution in [0.4, 0.5) is 4.39 Å². The van der Waals surface area contributed by atoms with Gasteiger partial charge in [-0.1, -0.05) is 49.7 Å². The highest BCUT2D eigenvalue weighted by Crippen LogP contribution is 2.69. The minimum absolute atomic E-state index is 0.123. The summed E-state index contributed by atoms with van der Waals surface area (Å²) < 4.78 is 14.5. The lowest BCUT2D eigenvalue weighted by atomic mass is 9.99. The first-order valence-electron chi connectivity index (χ1n) is 6.30. The van der Waals surface area contributed by atoms with Crippen LogP contribution in [0.15, 0.2) is 22.7 Å². The van der Waals surface area contributed by atoms with Gasteiger partial charge in [-0.3, -0.25) is 0 Å². The number of rotatable bonds is 3. The molecule has 100 valence electrons. The number of aliphatic hydroxyl groups excluding tert-OH is 1. The molecule has 1 unspecified atom stereocenters. The van der Waals surface area contributed by atoms with E-state index in [9.17, 15) is 9.50 Å². The van der Waals surface area contributed by atoms with Crippen LogP contribution in [0.3, 0.4) is 0 Å². The fourth-order valence-electron chi connectivity index (χ4n) is 3.24. The van der Waals surface area contributed by atoms with Gasteiger partial charge in [0, 0.05) is 10.9 Å². The molecular weight excluding hydrogens is 295 g/mol. The van der Waals surface area contributed by atoms with Gasteiger partial charge < -0.3 is 5.11 Å². The first-order chi connectivity index (χ1) is 8.18. The normalized spacial score (nSPS) is 22.8. The summed E-state index contributed by atoms with van der Waals surface area (Å²) in [6.07, 6.45) is -0.0953. The van der Waals surface area contributed by atoms with E-state index in [0.29, 0.717) is 12.0 Å². The largest absolute Gasteiger partial charge is 0.392 e. The van der Waals surface area contributed by atoms with Crippen LogP contribution in [0.5, 0.6) is 0 Å². The van der Waals surface area contributed by atoms with Gasteiger partial charge in [0.1, 0.15) is 5.82 Å². The van der Waals surface area contributed by atoms with Crippen molar-refractivity contribution in [2.45, 2.75) is 40.2 Å². The van der Waals surface area contributed by atoms with Crippen molar-refractivity contribution < 1.29 is 9.50 Å². The molecule has 1 aliphatic rings. The lowest BCUT2D eigenvalue weighted by Crippen LogP contribution is -2.18. The Labute approximate surface area is 117 Å². The van der Waals surface area contributed by atoms with E-state index >= 15 is 0 Å². The molecule has 1 aliphatic carbocycles. The topological polar surface area (TPSA) is 20.2 Å². The van der Waals surface area contributed by atoms with Gasteiger partial charge in [0.05, 0.1) is 6.10 Å². The van der Waals surface area contributed by atoms with Crippen molar-refractivity contribution in [1.29, 1.82) is 0 Å². The van der Waals surface area contributed by atoms with Crippen LogP contribution in [0, 0.1) is 22.6 Å². The van der Waals surface area contributed by atoms with E-state index in [1.165, 1.54) is 6.07 Å². The second-order valence-corrected chi connectivity index (χ2v) is 7.34. The van der Waals surface area contributed by atoms with Crippen LogP contribution in [0.2, 0.25) is 0 Å². The Morgan fingerprint density at radius 1 is 1.28 bits per heavy atom. The van der Waals surface area contributed by atoms with Gasteiger partial charge in [0.25, 0.3) is 0 Å². The Hall–Kier alpha value is -0.410. The average Bonchev–Trinajstić information content (AvgIpc) is 2.62. The minimum atomic E-state index is -0.481. The van der Waals surface area contributed by atoms with E-state index < -0.39 is 6.10 Å². The number of hydrogen-bond donors (Lipinski definition) is 1. The molecule has 0 spiro atoms. The fourth-order valence-corrected chi connectivity index (χ4v) is 3.57. The minimum Gasteiger partial charge on any atom is -0.392 e. The molecule has 0 radical (unpaired) electrons. The second kappa shape index (κ2) is 4.31. The standard InChI is InChI=1S/C15H20BrFO/c1-14(2)13(15(14,3)4)12(18)7-9-5-6-10(16)8-11(9)17/h5-6,8,12-13,18H,7H2,1-4H3. The van der Waals surface area contributed by atoms with E-state index in [4.69, 9.17) is 0 Å². The van der Waals surface area contributed by atoms with Crippen LogP contribution in [0.25, 0.3) is 0 Å². The SMILES string of the molecule is CC1(C)C(C(O)Cc2ccc(Br)cc2F)C1(C)C. The summed E-state index contributed by atoms with van der Waals surface area (Å²) in [6, 6.07) is 5.00. The number of aliphatic hydroxyl groups is 1. The van der Waals surface area contributed by atoms with Crippen LogP contribution >= 0.6 is 15.9 Å². The molecule has 1 saturated carbocycles. The maximum atomic E-state index is 13.7. The lowest BCUT2D eigenvalue weighted by Gasteiger charge is -2.13. The third-order valence-electron chi connectivity index (χ3n) is 4.96. The number of hydrogen-bond acceptors (Lipinski definition) is 1. The predicted molar refractivity (Wildman–Crippen MR) is 74.9 cm³/mol. The van der Waals surface area contributed by atoms with Gasteiger partial charge in [-0.15, -0.1) is 0 Å². The summed E-state index contributed by atoms with van der Waals surface area (Å²) >= 11 is 3.24. The maximum Gasteiger partial charge on any atom is 0.127 e. The highest BCUT2D eigenvalue weighted by molar-refractivity contribution is 9.10. The molecular formula is C15H20BrFO. The van der Waals surface area contributed by atoms with Crippen molar-refractivity contribution in [3.8, 4) is 0 Å². The van der Waals surface area contributed by atoms with Crippen molar-refractivity contribution in [2.75, 3.05) is 0 Å². The van der Waals surface area contributed by atoms with Crippen molar-refractivity contribution >= 4 is 15.9 Å². The number of halogens is 2. The van der Waals surface area contributed by atoms with Crippen molar-refractivity contribution in [2.24, 2.45) is 16.7 Å². The van der Waals surface area contributed by atoms with Crippen molar-refractivity contribution in [3.05, 3.63) is 34.1 Å². The molecule has 2 rings (SSSR count). The second-order valence-electron chi connectivity index (χ2n) is 6.43. The summed E-state index contributed by atoms with van der Waals surface area (Å²) in [5, 5.41) is 10.3. The molecule has 1 N–H and O–H groups in total. The first-order valence-corrected chi connectivity index (χ1v) is 7.09. The third-order valence-corrected chi connectivity index (χ3v) is 5.45. The number of benzene rings is 1. The van der Waals surface area contributed by atoms with Crippen LogP contribution in [0.1, 0.15) is 33.3 Å². The summed E-state index contributed by atoms with van der Waals surface area (Å²) in [5.74, 6) is -0.0206. The molecule has 1 aromatic carbocycles. The molecule has 3 heteroatoms. The third kappa shape index (κ3) is 2.12. The summed E-state index contributed by atoms with van der Waals surface area (Å²) in [7, 11) is 0. The van der Waals surface area contributed by atoms with E-state index in [2.05, 4.69) is 43.6 Å². The Bertz CT molecular complexity index is 454. The van der Waals surface area contributed by atoms with Gasteiger partial charge in [0.2, 0.25) is 0 Å². The van der Waals surface area contributed by atoms with Gasteiger partial charge in [-0.2, -0.15) is 0 Å². The molecule has 1 fully saturated rings. The van der Waals surface area contributed by atoms with E-state index in [1.807, 2.05) is 6.07 Å². The maximum absolute atomic E-state index is 13.7. The van der Waals surface area contributed by atoms with Crippen LogP contribution in [-0.2, 0) is 6.42 Å². The summed E-state index contributed by atoms with van der Waals surface area (Å²) in [5.41, 5.74) is 0.834. The summed E-state index contributed by atoms with van der Waals surface area (Å²) in [4.78, 5) is 0. The molecule has 0 bridgehead atoms. The highest BCUT2D eigenvalue weighted by Gasteiger charge is 2.66. The average molecular weight is 315 g/mol. The zero-order chi connectivity index (χ0) is 13.7. The van der Waals surface area contributed by atoms with Crippen molar-refractivity contribution in [3.63, 3.8) is 0 Å². The molecule has 0 aromatic heterocycles. The fraction of sp³-hybridized carbons (Fsp3) is 0.600. The molecule has 0 saturated heterocycles. The monoisotopic (exact) mass is 314 g/mol. The Morgan fingerprint density at radius 2 is 1.83 bits per heavy atom. The highest BCUT2D eigenvalue weighted by atomic mass is 79.9. The summed E-state index contributed by atoms with van der Waals surface area (Å²) in [6.45, 7) is 8.66. The van der Waals surface area contributed by atoms with Crippen LogP contribution < -0.4 is 0 Å². The molecule has 1 atom stereocenters. The van der Waals surface area contributed by atoms with E-state index in [1.54, 1.807) is 6.07 Å².